The van der Waals surface area contributed by atoms with E-state index in [9.17, 15) is 4.79 Å². The second-order valence-electron chi connectivity index (χ2n) is 4.43. The molecular formula is C15H13N3O3. The van der Waals surface area contributed by atoms with Gasteiger partial charge < -0.3 is 20.0 Å². The lowest BCUT2D eigenvalue weighted by Gasteiger charge is -2.04. The highest BCUT2D eigenvalue weighted by molar-refractivity contribution is 5.85. The van der Waals surface area contributed by atoms with Crippen LogP contribution in [0, 0.1) is 0 Å². The molecule has 0 fully saturated rings. The number of rotatable bonds is 3. The average Bonchev–Trinajstić information content (AvgIpc) is 2.89. The number of hydrogen-bond donors (Lipinski definition) is 2. The van der Waals surface area contributed by atoms with E-state index in [-0.39, 0.29) is 11.4 Å². The van der Waals surface area contributed by atoms with Crippen molar-refractivity contribution >= 4 is 5.82 Å². The number of hydrogen-bond acceptors (Lipinski definition) is 5. The Balaban J connectivity index is 2.14. The van der Waals surface area contributed by atoms with Gasteiger partial charge in [0.25, 0.3) is 0 Å². The SMILES string of the molecule is COc1ccc(-c2c(N)noc2-c2cccc(=O)[nH]2)cc1. The van der Waals surface area contributed by atoms with E-state index in [2.05, 4.69) is 10.1 Å². The Morgan fingerprint density at radius 3 is 2.62 bits per heavy atom. The summed E-state index contributed by atoms with van der Waals surface area (Å²) in [5.74, 6) is 1.43. The Hall–Kier alpha value is -3.02. The van der Waals surface area contributed by atoms with E-state index >= 15 is 0 Å². The van der Waals surface area contributed by atoms with Crippen LogP contribution in [0.2, 0.25) is 0 Å². The van der Waals surface area contributed by atoms with Gasteiger partial charge in [0, 0.05) is 6.07 Å². The lowest BCUT2D eigenvalue weighted by molar-refractivity contribution is 0.415. The van der Waals surface area contributed by atoms with Crippen LogP contribution in [0.5, 0.6) is 5.75 Å². The molecule has 1 aromatic carbocycles. The van der Waals surface area contributed by atoms with Crippen LogP contribution in [-0.2, 0) is 0 Å². The van der Waals surface area contributed by atoms with Gasteiger partial charge in [-0.15, -0.1) is 0 Å². The van der Waals surface area contributed by atoms with Gasteiger partial charge in [-0.1, -0.05) is 23.4 Å². The monoisotopic (exact) mass is 283 g/mol. The van der Waals surface area contributed by atoms with E-state index in [1.54, 1.807) is 19.2 Å². The fraction of sp³-hybridized carbons (Fsp3) is 0.0667. The van der Waals surface area contributed by atoms with Crippen LogP contribution in [0.15, 0.2) is 51.8 Å². The summed E-state index contributed by atoms with van der Waals surface area (Å²) in [6.45, 7) is 0. The Bertz CT molecular complexity index is 819. The maximum Gasteiger partial charge on any atom is 0.248 e. The van der Waals surface area contributed by atoms with Crippen LogP contribution in [0.4, 0.5) is 5.82 Å². The number of anilines is 1. The number of aromatic nitrogens is 2. The largest absolute Gasteiger partial charge is 0.497 e. The van der Waals surface area contributed by atoms with Crippen LogP contribution < -0.4 is 16.0 Å². The predicted octanol–water partition coefficient (Wildman–Crippen LogP) is 2.29. The van der Waals surface area contributed by atoms with Gasteiger partial charge in [-0.3, -0.25) is 4.79 Å². The molecule has 0 spiro atoms. The highest BCUT2D eigenvalue weighted by atomic mass is 16.5. The third kappa shape index (κ3) is 2.38. The Morgan fingerprint density at radius 1 is 1.19 bits per heavy atom. The molecule has 2 heterocycles. The van der Waals surface area contributed by atoms with Gasteiger partial charge in [-0.2, -0.15) is 0 Å². The first kappa shape index (κ1) is 13.0. The molecule has 0 aliphatic rings. The minimum Gasteiger partial charge on any atom is -0.497 e. The quantitative estimate of drug-likeness (QED) is 0.769. The molecule has 0 unspecified atom stereocenters. The van der Waals surface area contributed by atoms with Crippen LogP contribution >= 0.6 is 0 Å². The van der Waals surface area contributed by atoms with Crippen LogP contribution in [-0.4, -0.2) is 17.3 Å². The van der Waals surface area contributed by atoms with E-state index in [4.69, 9.17) is 15.0 Å². The number of ether oxygens (including phenoxy) is 1. The molecule has 0 aliphatic heterocycles. The molecule has 3 aromatic rings. The number of nitrogens with zero attached hydrogens (tertiary/aromatic N) is 1. The number of nitrogens with one attached hydrogen (secondary N) is 1. The lowest BCUT2D eigenvalue weighted by atomic mass is 10.0. The number of aromatic amines is 1. The zero-order valence-corrected chi connectivity index (χ0v) is 11.3. The second kappa shape index (κ2) is 5.16. The Labute approximate surface area is 120 Å². The van der Waals surface area contributed by atoms with Gasteiger partial charge in [-0.25, -0.2) is 0 Å². The first-order valence-corrected chi connectivity index (χ1v) is 6.28. The summed E-state index contributed by atoms with van der Waals surface area (Å²) in [6, 6.07) is 12.1. The molecule has 0 saturated carbocycles. The van der Waals surface area contributed by atoms with Crippen molar-refractivity contribution < 1.29 is 9.26 Å². The minimum absolute atomic E-state index is 0.219. The number of benzene rings is 1. The summed E-state index contributed by atoms with van der Waals surface area (Å²) in [5.41, 5.74) is 7.66. The molecule has 0 atom stereocenters. The molecular weight excluding hydrogens is 270 g/mol. The van der Waals surface area contributed by atoms with Crippen molar-refractivity contribution in [3.05, 3.63) is 52.8 Å². The molecule has 0 amide bonds. The van der Waals surface area contributed by atoms with E-state index < -0.39 is 0 Å². The maximum absolute atomic E-state index is 11.4. The summed E-state index contributed by atoms with van der Waals surface area (Å²) in [7, 11) is 1.60. The van der Waals surface area contributed by atoms with Crippen molar-refractivity contribution in [1.82, 2.24) is 10.1 Å². The highest BCUT2D eigenvalue weighted by Gasteiger charge is 2.18. The van der Waals surface area contributed by atoms with E-state index in [1.165, 1.54) is 6.07 Å². The van der Waals surface area contributed by atoms with Crippen LogP contribution in [0.3, 0.4) is 0 Å². The Morgan fingerprint density at radius 2 is 1.95 bits per heavy atom. The standard InChI is InChI=1S/C15H13N3O3/c1-20-10-7-5-9(6-8-10)13-14(21-18-15(13)16)11-3-2-4-12(19)17-11/h2-8H,1H3,(H2,16,18)(H,17,19). The number of nitrogens with two attached hydrogens (primary N) is 1. The number of nitrogen functional groups attached to an aromatic ring is 1. The van der Waals surface area contributed by atoms with Gasteiger partial charge in [0.05, 0.1) is 18.4 Å². The third-order valence-electron chi connectivity index (χ3n) is 3.11. The number of pyridine rings is 1. The lowest BCUT2D eigenvalue weighted by Crippen LogP contribution is -2.03. The van der Waals surface area contributed by atoms with Gasteiger partial charge in [0.15, 0.2) is 11.6 Å². The third-order valence-corrected chi connectivity index (χ3v) is 3.11. The molecule has 0 radical (unpaired) electrons. The normalized spacial score (nSPS) is 10.5. The van der Waals surface area contributed by atoms with E-state index in [1.807, 2.05) is 24.3 Å². The van der Waals surface area contributed by atoms with Crippen molar-refractivity contribution in [2.24, 2.45) is 0 Å². The second-order valence-corrected chi connectivity index (χ2v) is 4.43. The molecule has 106 valence electrons. The predicted molar refractivity (Wildman–Crippen MR) is 79.0 cm³/mol. The van der Waals surface area contributed by atoms with Gasteiger partial charge in [0.2, 0.25) is 5.56 Å². The fourth-order valence-electron chi connectivity index (χ4n) is 2.10. The Kier molecular flexibility index (Phi) is 3.19. The van der Waals surface area contributed by atoms with Crippen molar-refractivity contribution in [2.75, 3.05) is 12.8 Å². The molecule has 0 saturated heterocycles. The first-order chi connectivity index (χ1) is 10.2. The first-order valence-electron chi connectivity index (χ1n) is 6.28. The summed E-state index contributed by atoms with van der Waals surface area (Å²) in [4.78, 5) is 14.1. The highest BCUT2D eigenvalue weighted by Crippen LogP contribution is 2.35. The average molecular weight is 283 g/mol. The van der Waals surface area contributed by atoms with Gasteiger partial charge in [-0.05, 0) is 23.8 Å². The molecule has 0 aliphatic carbocycles. The van der Waals surface area contributed by atoms with Crippen molar-refractivity contribution in [3.63, 3.8) is 0 Å². The maximum atomic E-state index is 11.4. The number of H-pyrrole nitrogens is 1. The van der Waals surface area contributed by atoms with E-state index in [0.717, 1.165) is 11.3 Å². The van der Waals surface area contributed by atoms with Crippen LogP contribution in [0.1, 0.15) is 0 Å². The molecule has 3 rings (SSSR count). The topological polar surface area (TPSA) is 94.1 Å². The minimum atomic E-state index is -0.219. The fourth-order valence-corrected chi connectivity index (χ4v) is 2.10. The molecule has 6 nitrogen and oxygen atoms in total. The summed E-state index contributed by atoms with van der Waals surface area (Å²) in [6.07, 6.45) is 0. The van der Waals surface area contributed by atoms with E-state index in [0.29, 0.717) is 17.0 Å². The zero-order valence-electron chi connectivity index (χ0n) is 11.3. The van der Waals surface area contributed by atoms with Gasteiger partial charge >= 0.3 is 0 Å². The number of methoxy groups -OCH3 is 1. The molecule has 21 heavy (non-hydrogen) atoms. The van der Waals surface area contributed by atoms with Crippen LogP contribution in [0.25, 0.3) is 22.6 Å². The van der Waals surface area contributed by atoms with Crippen molar-refractivity contribution in [3.8, 4) is 28.3 Å². The smallest absolute Gasteiger partial charge is 0.248 e. The zero-order chi connectivity index (χ0) is 14.8. The summed E-state index contributed by atoms with van der Waals surface area (Å²) >= 11 is 0. The van der Waals surface area contributed by atoms with Crippen molar-refractivity contribution in [1.29, 1.82) is 0 Å². The van der Waals surface area contributed by atoms with Crippen molar-refractivity contribution in [2.45, 2.75) is 0 Å². The summed E-state index contributed by atoms with van der Waals surface area (Å²) in [5, 5.41) is 3.79. The molecule has 2 aromatic heterocycles. The molecule has 0 bridgehead atoms. The molecule has 6 heteroatoms. The summed E-state index contributed by atoms with van der Waals surface area (Å²) < 4.78 is 10.4. The molecule has 3 N–H and O–H groups in total. The van der Waals surface area contributed by atoms with Gasteiger partial charge in [0.1, 0.15) is 5.75 Å².